The summed E-state index contributed by atoms with van der Waals surface area (Å²) in [6, 6.07) is 4.83. The van der Waals surface area contributed by atoms with Crippen LogP contribution in [0.25, 0.3) is 0 Å². The van der Waals surface area contributed by atoms with Crippen molar-refractivity contribution in [1.82, 2.24) is 5.32 Å². The molecule has 0 spiro atoms. The molecule has 1 rings (SSSR count). The first-order valence-electron chi connectivity index (χ1n) is 7.20. The van der Waals surface area contributed by atoms with Crippen LogP contribution < -0.4 is 5.32 Å². The molecule has 2 unspecified atom stereocenters. The molecule has 0 aliphatic carbocycles. The van der Waals surface area contributed by atoms with E-state index in [0.717, 1.165) is 12.1 Å². The predicted octanol–water partition coefficient (Wildman–Crippen LogP) is 3.43. The van der Waals surface area contributed by atoms with E-state index in [0.29, 0.717) is 11.3 Å². The van der Waals surface area contributed by atoms with Crippen LogP contribution in [0.2, 0.25) is 0 Å². The van der Waals surface area contributed by atoms with Crippen LogP contribution in [-0.2, 0) is 11.0 Å². The first kappa shape index (κ1) is 19.8. The third kappa shape index (κ3) is 6.83. The first-order chi connectivity index (χ1) is 10.5. The SMILES string of the molecule is CSCC(C)(O)CNC(=O)CC(C)c1ccc(C(F)(F)F)cc1. The van der Waals surface area contributed by atoms with Gasteiger partial charge in [-0.2, -0.15) is 24.9 Å². The lowest BCUT2D eigenvalue weighted by Gasteiger charge is -2.23. The van der Waals surface area contributed by atoms with Gasteiger partial charge < -0.3 is 10.4 Å². The Bertz CT molecular complexity index is 515. The fourth-order valence-corrected chi connectivity index (χ4v) is 2.84. The molecule has 2 N–H and O–H groups in total. The molecule has 1 aromatic carbocycles. The van der Waals surface area contributed by atoms with E-state index in [-0.39, 0.29) is 24.8 Å². The van der Waals surface area contributed by atoms with Gasteiger partial charge >= 0.3 is 6.18 Å². The Morgan fingerprint density at radius 1 is 1.30 bits per heavy atom. The fraction of sp³-hybridized carbons (Fsp3) is 0.562. The zero-order valence-corrected chi connectivity index (χ0v) is 14.2. The fourth-order valence-electron chi connectivity index (χ4n) is 2.12. The molecule has 0 fully saturated rings. The van der Waals surface area contributed by atoms with Gasteiger partial charge in [-0.15, -0.1) is 0 Å². The summed E-state index contributed by atoms with van der Waals surface area (Å²) < 4.78 is 37.5. The highest BCUT2D eigenvalue weighted by molar-refractivity contribution is 7.98. The summed E-state index contributed by atoms with van der Waals surface area (Å²) in [4.78, 5) is 11.9. The van der Waals surface area contributed by atoms with Crippen molar-refractivity contribution >= 4 is 17.7 Å². The molecule has 7 heteroatoms. The minimum Gasteiger partial charge on any atom is -0.387 e. The number of nitrogens with one attached hydrogen (secondary N) is 1. The standard InChI is InChI=1S/C16H22F3NO2S/c1-11(8-14(21)20-9-15(2,22)10-23-3)12-4-6-13(7-5-12)16(17,18)19/h4-7,11,22H,8-10H2,1-3H3,(H,20,21). The molecule has 130 valence electrons. The second-order valence-electron chi connectivity index (χ2n) is 5.93. The van der Waals surface area contributed by atoms with E-state index in [1.807, 2.05) is 6.26 Å². The molecule has 23 heavy (non-hydrogen) atoms. The van der Waals surface area contributed by atoms with E-state index in [2.05, 4.69) is 5.32 Å². The summed E-state index contributed by atoms with van der Waals surface area (Å²) in [5.41, 5.74) is -1.01. The van der Waals surface area contributed by atoms with Gasteiger partial charge in [-0.25, -0.2) is 0 Å². The number of halogens is 3. The Hall–Kier alpha value is -1.21. The van der Waals surface area contributed by atoms with Gasteiger partial charge in [-0.05, 0) is 36.8 Å². The maximum atomic E-state index is 12.5. The average molecular weight is 349 g/mol. The summed E-state index contributed by atoms with van der Waals surface area (Å²) in [5, 5.41) is 12.6. The number of rotatable bonds is 7. The molecule has 0 aliphatic rings. The van der Waals surface area contributed by atoms with Crippen LogP contribution in [0.4, 0.5) is 13.2 Å². The number of aliphatic hydroxyl groups is 1. The Kier molecular flexibility index (Phi) is 6.95. The van der Waals surface area contributed by atoms with Crippen molar-refractivity contribution < 1.29 is 23.1 Å². The molecule has 0 aliphatic heterocycles. The van der Waals surface area contributed by atoms with Crippen LogP contribution in [0.1, 0.15) is 37.3 Å². The third-order valence-electron chi connectivity index (χ3n) is 3.42. The van der Waals surface area contributed by atoms with Crippen LogP contribution in [0, 0.1) is 0 Å². The Morgan fingerprint density at radius 2 is 1.87 bits per heavy atom. The normalized spacial score (nSPS) is 15.8. The average Bonchev–Trinajstić information content (AvgIpc) is 2.44. The molecule has 0 aromatic heterocycles. The maximum Gasteiger partial charge on any atom is 0.416 e. The van der Waals surface area contributed by atoms with Crippen LogP contribution in [0.5, 0.6) is 0 Å². The van der Waals surface area contributed by atoms with Gasteiger partial charge in [0.05, 0.1) is 11.2 Å². The molecule has 2 atom stereocenters. The molecule has 0 saturated carbocycles. The zero-order chi connectivity index (χ0) is 17.7. The maximum absolute atomic E-state index is 12.5. The summed E-state index contributed by atoms with van der Waals surface area (Å²) in [6.07, 6.45) is -2.34. The summed E-state index contributed by atoms with van der Waals surface area (Å²) >= 11 is 1.48. The molecule has 0 saturated heterocycles. The number of carbonyl (C=O) groups is 1. The number of carbonyl (C=O) groups excluding carboxylic acids is 1. The van der Waals surface area contributed by atoms with Gasteiger partial charge in [0.25, 0.3) is 0 Å². The molecular formula is C16H22F3NO2S. The smallest absolute Gasteiger partial charge is 0.387 e. The number of benzene rings is 1. The Balaban J connectivity index is 2.55. The van der Waals surface area contributed by atoms with Crippen LogP contribution in [-0.4, -0.2) is 35.2 Å². The minimum atomic E-state index is -4.36. The Morgan fingerprint density at radius 3 is 2.35 bits per heavy atom. The lowest BCUT2D eigenvalue weighted by atomic mass is 9.96. The highest BCUT2D eigenvalue weighted by Gasteiger charge is 2.30. The van der Waals surface area contributed by atoms with Crippen molar-refractivity contribution in [3.63, 3.8) is 0 Å². The van der Waals surface area contributed by atoms with E-state index >= 15 is 0 Å². The predicted molar refractivity (Wildman–Crippen MR) is 86.5 cm³/mol. The number of thioether (sulfide) groups is 1. The highest BCUT2D eigenvalue weighted by atomic mass is 32.2. The lowest BCUT2D eigenvalue weighted by molar-refractivity contribution is -0.137. The Labute approximate surface area is 138 Å². The van der Waals surface area contributed by atoms with Crippen molar-refractivity contribution in [2.24, 2.45) is 0 Å². The van der Waals surface area contributed by atoms with Gasteiger partial charge in [-0.3, -0.25) is 4.79 Å². The summed E-state index contributed by atoms with van der Waals surface area (Å²) in [7, 11) is 0. The molecule has 0 radical (unpaired) electrons. The van der Waals surface area contributed by atoms with Crippen molar-refractivity contribution in [2.45, 2.75) is 38.0 Å². The molecule has 1 aromatic rings. The van der Waals surface area contributed by atoms with Crippen molar-refractivity contribution in [2.75, 3.05) is 18.6 Å². The first-order valence-corrected chi connectivity index (χ1v) is 8.60. The van der Waals surface area contributed by atoms with Gasteiger partial charge in [0.15, 0.2) is 0 Å². The zero-order valence-electron chi connectivity index (χ0n) is 13.4. The van der Waals surface area contributed by atoms with Crippen LogP contribution in [0.15, 0.2) is 24.3 Å². The topological polar surface area (TPSA) is 49.3 Å². The van der Waals surface area contributed by atoms with Gasteiger partial charge in [0.2, 0.25) is 5.91 Å². The van der Waals surface area contributed by atoms with Gasteiger partial charge in [-0.1, -0.05) is 19.1 Å². The molecule has 0 bridgehead atoms. The lowest BCUT2D eigenvalue weighted by Crippen LogP contribution is -2.42. The van der Waals surface area contributed by atoms with Crippen LogP contribution in [0.3, 0.4) is 0 Å². The summed E-state index contributed by atoms with van der Waals surface area (Å²) in [5.74, 6) is 0.0587. The largest absolute Gasteiger partial charge is 0.416 e. The second kappa shape index (κ2) is 8.06. The van der Waals surface area contributed by atoms with Crippen molar-refractivity contribution in [3.8, 4) is 0 Å². The molecule has 1 amide bonds. The molecular weight excluding hydrogens is 327 g/mol. The van der Waals surface area contributed by atoms with E-state index in [1.54, 1.807) is 13.8 Å². The number of hydrogen-bond donors (Lipinski definition) is 2. The van der Waals surface area contributed by atoms with Crippen molar-refractivity contribution in [3.05, 3.63) is 35.4 Å². The number of hydrogen-bond acceptors (Lipinski definition) is 3. The van der Waals surface area contributed by atoms with Gasteiger partial charge in [0.1, 0.15) is 0 Å². The van der Waals surface area contributed by atoms with E-state index in [4.69, 9.17) is 0 Å². The quantitative estimate of drug-likeness (QED) is 0.793. The minimum absolute atomic E-state index is 0.145. The van der Waals surface area contributed by atoms with Gasteiger partial charge in [0, 0.05) is 18.7 Å². The van der Waals surface area contributed by atoms with Crippen LogP contribution >= 0.6 is 11.8 Å². The molecule has 0 heterocycles. The third-order valence-corrected chi connectivity index (χ3v) is 4.33. The van der Waals surface area contributed by atoms with E-state index < -0.39 is 17.3 Å². The molecule has 3 nitrogen and oxygen atoms in total. The second-order valence-corrected chi connectivity index (χ2v) is 6.80. The number of amides is 1. The monoisotopic (exact) mass is 349 g/mol. The number of alkyl halides is 3. The van der Waals surface area contributed by atoms with Crippen molar-refractivity contribution in [1.29, 1.82) is 0 Å². The van der Waals surface area contributed by atoms with E-state index in [9.17, 15) is 23.1 Å². The summed E-state index contributed by atoms with van der Waals surface area (Å²) in [6.45, 7) is 3.57. The van der Waals surface area contributed by atoms with E-state index in [1.165, 1.54) is 23.9 Å². The highest BCUT2D eigenvalue weighted by Crippen LogP contribution is 2.30.